The van der Waals surface area contributed by atoms with Crippen LogP contribution in [0, 0.1) is 6.92 Å². The van der Waals surface area contributed by atoms with Gasteiger partial charge in [-0.3, -0.25) is 9.30 Å². The van der Waals surface area contributed by atoms with E-state index in [0.29, 0.717) is 12.6 Å². The molecule has 1 saturated heterocycles. The van der Waals surface area contributed by atoms with Crippen LogP contribution in [-0.2, 0) is 6.54 Å². The van der Waals surface area contributed by atoms with Gasteiger partial charge in [-0.2, -0.15) is 0 Å². The van der Waals surface area contributed by atoms with Gasteiger partial charge in [0.1, 0.15) is 6.54 Å². The zero-order chi connectivity index (χ0) is 20.8. The second-order valence-corrected chi connectivity index (χ2v) is 7.79. The van der Waals surface area contributed by atoms with Gasteiger partial charge in [0.05, 0.1) is 6.04 Å². The molecule has 1 atom stereocenters. The van der Waals surface area contributed by atoms with E-state index in [1.807, 2.05) is 28.8 Å². The number of pyridine rings is 1. The Kier molecular flexibility index (Phi) is 8.65. The fourth-order valence-electron chi connectivity index (χ4n) is 3.98. The number of benzene rings is 1. The van der Waals surface area contributed by atoms with Crippen molar-refractivity contribution in [1.29, 1.82) is 0 Å². The summed E-state index contributed by atoms with van der Waals surface area (Å²) >= 11 is 0. The smallest absolute Gasteiger partial charge is 0.191 e. The van der Waals surface area contributed by atoms with Crippen LogP contribution in [-0.4, -0.2) is 51.6 Å². The quantitative estimate of drug-likeness (QED) is 0.276. The summed E-state index contributed by atoms with van der Waals surface area (Å²) in [5.41, 5.74) is 3.49. The first kappa shape index (κ1) is 23.5. The summed E-state index contributed by atoms with van der Waals surface area (Å²) in [6.45, 7) is 8.62. The van der Waals surface area contributed by atoms with Crippen LogP contribution in [0.4, 0.5) is 0 Å². The zero-order valence-electron chi connectivity index (χ0n) is 18.3. The van der Waals surface area contributed by atoms with Crippen LogP contribution in [0.15, 0.2) is 53.7 Å². The Balaban J connectivity index is 0.00000272. The molecule has 166 valence electrons. The molecule has 2 N–H and O–H groups in total. The molecule has 1 aromatic carbocycles. The highest BCUT2D eigenvalue weighted by molar-refractivity contribution is 14.0. The van der Waals surface area contributed by atoms with E-state index in [2.05, 4.69) is 63.8 Å². The molecule has 8 heteroatoms. The van der Waals surface area contributed by atoms with Gasteiger partial charge in [-0.1, -0.05) is 35.9 Å². The summed E-state index contributed by atoms with van der Waals surface area (Å²) in [6, 6.07) is 15.2. The predicted octanol–water partition coefficient (Wildman–Crippen LogP) is 3.55. The van der Waals surface area contributed by atoms with Crippen molar-refractivity contribution in [3.63, 3.8) is 0 Å². The van der Waals surface area contributed by atoms with Gasteiger partial charge >= 0.3 is 0 Å². The maximum atomic E-state index is 4.76. The van der Waals surface area contributed by atoms with Gasteiger partial charge in [0, 0.05) is 19.3 Å². The van der Waals surface area contributed by atoms with E-state index in [9.17, 15) is 0 Å². The molecule has 0 bridgehead atoms. The van der Waals surface area contributed by atoms with Crippen molar-refractivity contribution >= 4 is 35.6 Å². The minimum absolute atomic E-state index is 0. The molecular weight excluding hydrogens is 501 g/mol. The summed E-state index contributed by atoms with van der Waals surface area (Å²) in [5, 5.41) is 15.4. The van der Waals surface area contributed by atoms with Crippen molar-refractivity contribution in [3.8, 4) is 0 Å². The van der Waals surface area contributed by atoms with Crippen LogP contribution < -0.4 is 10.6 Å². The maximum Gasteiger partial charge on any atom is 0.191 e. The Morgan fingerprint density at radius 3 is 2.58 bits per heavy atom. The number of fused-ring (bicyclic) bond motifs is 1. The molecule has 0 radical (unpaired) electrons. The van der Waals surface area contributed by atoms with Gasteiger partial charge in [0.25, 0.3) is 0 Å². The molecule has 4 rings (SSSR count). The number of halogens is 1. The third kappa shape index (κ3) is 5.94. The van der Waals surface area contributed by atoms with E-state index < -0.39 is 0 Å². The van der Waals surface area contributed by atoms with Crippen molar-refractivity contribution in [3.05, 3.63) is 65.6 Å². The van der Waals surface area contributed by atoms with E-state index in [4.69, 9.17) is 4.99 Å². The molecule has 1 fully saturated rings. The van der Waals surface area contributed by atoms with Crippen LogP contribution in [0.5, 0.6) is 0 Å². The highest BCUT2D eigenvalue weighted by atomic mass is 127. The summed E-state index contributed by atoms with van der Waals surface area (Å²) < 4.78 is 1.98. The molecule has 7 nitrogen and oxygen atoms in total. The standard InChI is InChI=1S/C23H31N7.HI/c1-3-24-23(26-17-22-28-27-21-8-4-5-15-30(21)22)25-16-20(29-13-6-7-14-29)19-11-9-18(2)10-12-19;/h4-5,8-12,15,20H,3,6-7,13-14,16-17H2,1-2H3,(H2,24,25,26);1H. The lowest BCUT2D eigenvalue weighted by molar-refractivity contribution is 0.245. The molecule has 1 aliphatic heterocycles. The third-order valence-electron chi connectivity index (χ3n) is 5.61. The maximum absolute atomic E-state index is 4.76. The van der Waals surface area contributed by atoms with Crippen LogP contribution in [0.1, 0.15) is 42.8 Å². The fraction of sp³-hybridized carbons (Fsp3) is 0.435. The normalized spacial score (nSPS) is 15.6. The molecule has 0 amide bonds. The van der Waals surface area contributed by atoms with E-state index >= 15 is 0 Å². The Hall–Kier alpha value is -2.20. The Morgan fingerprint density at radius 1 is 1.06 bits per heavy atom. The van der Waals surface area contributed by atoms with Crippen molar-refractivity contribution < 1.29 is 0 Å². The molecule has 1 unspecified atom stereocenters. The van der Waals surface area contributed by atoms with Crippen molar-refractivity contribution in [2.24, 2.45) is 4.99 Å². The van der Waals surface area contributed by atoms with Gasteiger partial charge in [-0.25, -0.2) is 4.99 Å². The van der Waals surface area contributed by atoms with Crippen molar-refractivity contribution in [2.45, 2.75) is 39.3 Å². The summed E-state index contributed by atoms with van der Waals surface area (Å²) in [6.07, 6.45) is 4.52. The molecule has 0 aliphatic carbocycles. The van der Waals surface area contributed by atoms with Gasteiger partial charge in [0.15, 0.2) is 17.4 Å². The lowest BCUT2D eigenvalue weighted by Crippen LogP contribution is -2.42. The SMILES string of the molecule is CCNC(=NCc1nnc2ccccn12)NCC(c1ccc(C)cc1)N1CCCC1.I. The van der Waals surface area contributed by atoms with E-state index in [1.54, 1.807) is 0 Å². The highest BCUT2D eigenvalue weighted by Crippen LogP contribution is 2.24. The number of rotatable bonds is 7. The number of hydrogen-bond donors (Lipinski definition) is 2. The number of aryl methyl sites for hydroxylation is 1. The van der Waals surface area contributed by atoms with Crippen LogP contribution >= 0.6 is 24.0 Å². The van der Waals surface area contributed by atoms with Gasteiger partial charge < -0.3 is 10.6 Å². The van der Waals surface area contributed by atoms with Crippen LogP contribution in [0.25, 0.3) is 5.65 Å². The predicted molar refractivity (Wildman–Crippen MR) is 136 cm³/mol. The van der Waals surface area contributed by atoms with Gasteiger partial charge in [-0.15, -0.1) is 34.2 Å². The van der Waals surface area contributed by atoms with Gasteiger partial charge in [-0.05, 0) is 57.5 Å². The molecule has 1 aliphatic rings. The van der Waals surface area contributed by atoms with Crippen LogP contribution in [0.3, 0.4) is 0 Å². The topological polar surface area (TPSA) is 69.8 Å². The van der Waals surface area contributed by atoms with E-state index in [-0.39, 0.29) is 24.0 Å². The molecule has 0 spiro atoms. The number of nitrogens with one attached hydrogen (secondary N) is 2. The Labute approximate surface area is 201 Å². The first-order valence-electron chi connectivity index (χ1n) is 10.9. The largest absolute Gasteiger partial charge is 0.357 e. The van der Waals surface area contributed by atoms with E-state index in [0.717, 1.165) is 43.6 Å². The summed E-state index contributed by atoms with van der Waals surface area (Å²) in [7, 11) is 0. The second-order valence-electron chi connectivity index (χ2n) is 7.79. The second kappa shape index (κ2) is 11.4. The number of aliphatic imine (C=N–C) groups is 1. The number of likely N-dealkylation sites (tertiary alicyclic amines) is 1. The molecule has 2 aromatic heterocycles. The van der Waals surface area contributed by atoms with E-state index in [1.165, 1.54) is 24.0 Å². The molecule has 31 heavy (non-hydrogen) atoms. The third-order valence-corrected chi connectivity index (χ3v) is 5.61. The molecule has 3 heterocycles. The number of nitrogens with zero attached hydrogens (tertiary/aromatic N) is 5. The monoisotopic (exact) mass is 533 g/mol. The number of hydrogen-bond acceptors (Lipinski definition) is 4. The summed E-state index contributed by atoms with van der Waals surface area (Å²) in [5.74, 6) is 1.64. The average molecular weight is 533 g/mol. The van der Waals surface area contributed by atoms with Crippen LogP contribution in [0.2, 0.25) is 0 Å². The van der Waals surface area contributed by atoms with Crippen molar-refractivity contribution in [2.75, 3.05) is 26.2 Å². The van der Waals surface area contributed by atoms with Gasteiger partial charge in [0.2, 0.25) is 0 Å². The zero-order valence-corrected chi connectivity index (χ0v) is 20.6. The summed E-state index contributed by atoms with van der Waals surface area (Å²) in [4.78, 5) is 7.34. The number of aromatic nitrogens is 3. The minimum Gasteiger partial charge on any atom is -0.357 e. The Morgan fingerprint density at radius 2 is 1.84 bits per heavy atom. The lowest BCUT2D eigenvalue weighted by atomic mass is 10.0. The fourth-order valence-corrected chi connectivity index (χ4v) is 3.98. The first-order chi connectivity index (χ1) is 14.7. The Bertz CT molecular complexity index is 977. The minimum atomic E-state index is 0. The van der Waals surface area contributed by atoms with Crippen molar-refractivity contribution in [1.82, 2.24) is 30.1 Å². The molecule has 3 aromatic rings. The number of guanidine groups is 1. The average Bonchev–Trinajstić information content (AvgIpc) is 3.44. The first-order valence-corrected chi connectivity index (χ1v) is 10.9. The highest BCUT2D eigenvalue weighted by Gasteiger charge is 2.23. The lowest BCUT2D eigenvalue weighted by Gasteiger charge is -2.29. The molecular formula is C23H32IN7. The molecule has 0 saturated carbocycles.